The summed E-state index contributed by atoms with van der Waals surface area (Å²) in [6, 6.07) is 0. The minimum absolute atomic E-state index is 0.737. The fourth-order valence-electron chi connectivity index (χ4n) is 3.05. The molecular weight excluding hydrogens is 278 g/mol. The van der Waals surface area contributed by atoms with E-state index in [9.17, 15) is 0 Å². The average molecular weight is 297 g/mol. The first-order chi connectivity index (χ1) is 10.9. The molecule has 6 heteroatoms. The second kappa shape index (κ2) is 5.96. The van der Waals surface area contributed by atoms with Gasteiger partial charge >= 0.3 is 0 Å². The maximum Gasteiger partial charge on any atom is 0.208 e. The predicted octanol–water partition coefficient (Wildman–Crippen LogP) is 2.00. The molecule has 0 bridgehead atoms. The van der Waals surface area contributed by atoms with Gasteiger partial charge in [-0.2, -0.15) is 0 Å². The molecular formula is C16H19N5O. The second-order valence-corrected chi connectivity index (χ2v) is 5.84. The molecule has 0 spiro atoms. The zero-order chi connectivity index (χ0) is 14.8. The van der Waals surface area contributed by atoms with Gasteiger partial charge < -0.3 is 4.42 Å². The van der Waals surface area contributed by atoms with E-state index in [1.807, 2.05) is 6.20 Å². The Kier molecular flexibility index (Phi) is 3.68. The predicted molar refractivity (Wildman–Crippen MR) is 81.6 cm³/mol. The van der Waals surface area contributed by atoms with Gasteiger partial charge in [0.25, 0.3) is 0 Å². The molecule has 114 valence electrons. The smallest absolute Gasteiger partial charge is 0.208 e. The highest BCUT2D eigenvalue weighted by molar-refractivity contribution is 5.97. The molecule has 0 radical (unpaired) electrons. The Morgan fingerprint density at radius 2 is 2.18 bits per heavy atom. The van der Waals surface area contributed by atoms with Crippen molar-refractivity contribution in [2.45, 2.75) is 38.8 Å². The molecule has 2 aromatic heterocycles. The standard InChI is InChI=1S/C16H19N5O/c1-2-5-17-14(3-1)16-19-9-12-10-21(7-4-13(12)20-16)11-15-18-6-8-22-15/h6,8-9H,1-5,7,10-11H2. The summed E-state index contributed by atoms with van der Waals surface area (Å²) >= 11 is 0. The molecule has 4 rings (SSSR count). The van der Waals surface area contributed by atoms with Gasteiger partial charge in [-0.1, -0.05) is 0 Å². The van der Waals surface area contributed by atoms with Crippen molar-refractivity contribution < 1.29 is 4.42 Å². The molecule has 0 aromatic carbocycles. The first-order valence-corrected chi connectivity index (χ1v) is 7.88. The van der Waals surface area contributed by atoms with Gasteiger partial charge in [-0.15, -0.1) is 0 Å². The third-order valence-corrected chi connectivity index (χ3v) is 4.24. The van der Waals surface area contributed by atoms with Crippen LogP contribution in [0.15, 0.2) is 28.1 Å². The molecule has 2 aliphatic heterocycles. The summed E-state index contributed by atoms with van der Waals surface area (Å²) in [4.78, 5) is 20.4. The van der Waals surface area contributed by atoms with Gasteiger partial charge in [0.1, 0.15) is 6.26 Å². The van der Waals surface area contributed by atoms with Crippen LogP contribution >= 0.6 is 0 Å². The second-order valence-electron chi connectivity index (χ2n) is 5.84. The Morgan fingerprint density at radius 1 is 1.18 bits per heavy atom. The number of aromatic nitrogens is 3. The minimum atomic E-state index is 0.737. The first-order valence-electron chi connectivity index (χ1n) is 7.88. The SMILES string of the molecule is c1coc(CN2CCc3nc(C4=NCCCC4)ncc3C2)n1. The highest BCUT2D eigenvalue weighted by atomic mass is 16.3. The zero-order valence-electron chi connectivity index (χ0n) is 12.5. The Bertz CT molecular complexity index is 680. The molecule has 0 aliphatic carbocycles. The van der Waals surface area contributed by atoms with Crippen LogP contribution in [0.3, 0.4) is 0 Å². The third-order valence-electron chi connectivity index (χ3n) is 4.24. The summed E-state index contributed by atoms with van der Waals surface area (Å²) in [5.41, 5.74) is 3.45. The largest absolute Gasteiger partial charge is 0.448 e. The molecule has 0 saturated carbocycles. The minimum Gasteiger partial charge on any atom is -0.448 e. The van der Waals surface area contributed by atoms with Crippen molar-refractivity contribution in [2.75, 3.05) is 13.1 Å². The van der Waals surface area contributed by atoms with E-state index in [1.54, 1.807) is 12.5 Å². The van der Waals surface area contributed by atoms with E-state index in [1.165, 1.54) is 24.1 Å². The summed E-state index contributed by atoms with van der Waals surface area (Å²) in [5, 5.41) is 0. The van der Waals surface area contributed by atoms with Gasteiger partial charge in [0, 0.05) is 37.8 Å². The quantitative estimate of drug-likeness (QED) is 0.866. The van der Waals surface area contributed by atoms with Crippen molar-refractivity contribution in [3.05, 3.63) is 41.6 Å². The molecule has 0 atom stereocenters. The number of oxazole rings is 1. The highest BCUT2D eigenvalue weighted by Gasteiger charge is 2.21. The van der Waals surface area contributed by atoms with Crippen molar-refractivity contribution in [3.63, 3.8) is 0 Å². The van der Waals surface area contributed by atoms with Crippen molar-refractivity contribution in [2.24, 2.45) is 4.99 Å². The fourth-order valence-corrected chi connectivity index (χ4v) is 3.05. The van der Waals surface area contributed by atoms with E-state index < -0.39 is 0 Å². The lowest BCUT2D eigenvalue weighted by molar-refractivity contribution is 0.219. The number of aliphatic imine (C=N–C) groups is 1. The normalized spacial score (nSPS) is 18.8. The summed E-state index contributed by atoms with van der Waals surface area (Å²) in [5.74, 6) is 1.59. The van der Waals surface area contributed by atoms with Gasteiger partial charge in [0.15, 0.2) is 5.82 Å². The summed E-state index contributed by atoms with van der Waals surface area (Å²) < 4.78 is 5.32. The van der Waals surface area contributed by atoms with Crippen LogP contribution in [-0.2, 0) is 19.5 Å². The Morgan fingerprint density at radius 3 is 3.00 bits per heavy atom. The molecule has 4 heterocycles. The van der Waals surface area contributed by atoms with Crippen LogP contribution in [0.5, 0.6) is 0 Å². The molecule has 22 heavy (non-hydrogen) atoms. The number of rotatable bonds is 3. The van der Waals surface area contributed by atoms with Crippen molar-refractivity contribution in [1.82, 2.24) is 19.9 Å². The van der Waals surface area contributed by atoms with E-state index in [0.29, 0.717) is 0 Å². The van der Waals surface area contributed by atoms with Crippen molar-refractivity contribution in [3.8, 4) is 0 Å². The number of nitrogens with zero attached hydrogens (tertiary/aromatic N) is 5. The molecule has 6 nitrogen and oxygen atoms in total. The zero-order valence-corrected chi connectivity index (χ0v) is 12.5. The van der Waals surface area contributed by atoms with Gasteiger partial charge in [0.05, 0.1) is 24.1 Å². The van der Waals surface area contributed by atoms with Crippen molar-refractivity contribution in [1.29, 1.82) is 0 Å². The van der Waals surface area contributed by atoms with E-state index in [2.05, 4.69) is 19.9 Å². The molecule has 0 amide bonds. The highest BCUT2D eigenvalue weighted by Crippen LogP contribution is 2.19. The van der Waals surface area contributed by atoms with Crippen LogP contribution in [0, 0.1) is 0 Å². The Hall–Kier alpha value is -2.08. The molecule has 0 fully saturated rings. The van der Waals surface area contributed by atoms with Crippen LogP contribution in [0.25, 0.3) is 0 Å². The van der Waals surface area contributed by atoms with E-state index in [4.69, 9.17) is 9.40 Å². The summed E-state index contributed by atoms with van der Waals surface area (Å²) in [7, 11) is 0. The van der Waals surface area contributed by atoms with E-state index in [0.717, 1.165) is 56.4 Å². The number of hydrogen-bond acceptors (Lipinski definition) is 6. The van der Waals surface area contributed by atoms with Crippen LogP contribution < -0.4 is 0 Å². The first kappa shape index (κ1) is 13.6. The van der Waals surface area contributed by atoms with Crippen molar-refractivity contribution >= 4 is 5.71 Å². The molecule has 0 saturated heterocycles. The van der Waals surface area contributed by atoms with Crippen LogP contribution in [-0.4, -0.2) is 38.7 Å². The topological polar surface area (TPSA) is 67.4 Å². The lowest BCUT2D eigenvalue weighted by Gasteiger charge is -2.27. The maximum absolute atomic E-state index is 5.32. The lowest BCUT2D eigenvalue weighted by atomic mass is 10.1. The average Bonchev–Trinajstić information content (AvgIpc) is 3.08. The lowest BCUT2D eigenvalue weighted by Crippen LogP contribution is -2.31. The molecule has 2 aliphatic rings. The molecule has 0 N–H and O–H groups in total. The van der Waals surface area contributed by atoms with Gasteiger partial charge in [0.2, 0.25) is 5.89 Å². The third kappa shape index (κ3) is 2.78. The maximum atomic E-state index is 5.32. The molecule has 2 aromatic rings. The van der Waals surface area contributed by atoms with Gasteiger partial charge in [-0.05, 0) is 19.3 Å². The van der Waals surface area contributed by atoms with Gasteiger partial charge in [-0.25, -0.2) is 15.0 Å². The molecule has 0 unspecified atom stereocenters. The summed E-state index contributed by atoms with van der Waals surface area (Å²) in [6.45, 7) is 3.48. The Labute approximate surface area is 129 Å². The van der Waals surface area contributed by atoms with E-state index >= 15 is 0 Å². The van der Waals surface area contributed by atoms with Crippen LogP contribution in [0.2, 0.25) is 0 Å². The Balaban J connectivity index is 1.50. The van der Waals surface area contributed by atoms with Crippen LogP contribution in [0.4, 0.5) is 0 Å². The van der Waals surface area contributed by atoms with Crippen LogP contribution in [0.1, 0.15) is 42.2 Å². The number of hydrogen-bond donors (Lipinski definition) is 0. The van der Waals surface area contributed by atoms with E-state index in [-0.39, 0.29) is 0 Å². The fraction of sp³-hybridized carbons (Fsp3) is 0.500. The van der Waals surface area contributed by atoms with Gasteiger partial charge in [-0.3, -0.25) is 9.89 Å². The summed E-state index contributed by atoms with van der Waals surface area (Å²) in [6.07, 6.45) is 9.61. The number of fused-ring (bicyclic) bond motifs is 1. The monoisotopic (exact) mass is 297 g/mol.